The third-order valence-electron chi connectivity index (χ3n) is 5.44. The third kappa shape index (κ3) is 2.85. The van der Waals surface area contributed by atoms with Crippen LogP contribution in [0.1, 0.15) is 52.9 Å². The Morgan fingerprint density at radius 3 is 2.18 bits per heavy atom. The standard InChI is InChI=1S/C15H30N2/c1-11-5-7-14(8-6-11)17-10-9-15(16-4)12(2)13(17)3/h11-16H,5-10H2,1-4H3. The van der Waals surface area contributed by atoms with Crippen LogP contribution >= 0.6 is 0 Å². The molecular formula is C15H30N2. The zero-order valence-electron chi connectivity index (χ0n) is 12.1. The molecule has 0 aromatic carbocycles. The van der Waals surface area contributed by atoms with Gasteiger partial charge >= 0.3 is 0 Å². The highest BCUT2D eigenvalue weighted by Gasteiger charge is 2.35. The number of likely N-dealkylation sites (tertiary alicyclic amines) is 1. The molecule has 2 rings (SSSR count). The molecule has 0 amide bonds. The zero-order chi connectivity index (χ0) is 12.4. The van der Waals surface area contributed by atoms with E-state index in [1.807, 2.05) is 0 Å². The van der Waals surface area contributed by atoms with E-state index in [1.165, 1.54) is 38.6 Å². The van der Waals surface area contributed by atoms with E-state index in [2.05, 4.69) is 38.0 Å². The fraction of sp³-hybridized carbons (Fsp3) is 1.00. The van der Waals surface area contributed by atoms with E-state index >= 15 is 0 Å². The lowest BCUT2D eigenvalue weighted by molar-refractivity contribution is 0.0284. The maximum atomic E-state index is 3.49. The quantitative estimate of drug-likeness (QED) is 0.796. The Labute approximate surface area is 107 Å². The molecule has 1 saturated carbocycles. The molecule has 3 atom stereocenters. The van der Waals surface area contributed by atoms with Crippen LogP contribution in [0.3, 0.4) is 0 Å². The molecule has 0 aromatic rings. The molecule has 3 unspecified atom stereocenters. The van der Waals surface area contributed by atoms with Gasteiger partial charge in [0.1, 0.15) is 0 Å². The van der Waals surface area contributed by atoms with Crippen molar-refractivity contribution in [3.63, 3.8) is 0 Å². The molecule has 1 heterocycles. The summed E-state index contributed by atoms with van der Waals surface area (Å²) in [7, 11) is 2.12. The van der Waals surface area contributed by atoms with Gasteiger partial charge in [0.25, 0.3) is 0 Å². The van der Waals surface area contributed by atoms with Crippen LogP contribution < -0.4 is 5.32 Å². The summed E-state index contributed by atoms with van der Waals surface area (Å²) in [5, 5.41) is 3.49. The summed E-state index contributed by atoms with van der Waals surface area (Å²) in [6.07, 6.45) is 7.08. The van der Waals surface area contributed by atoms with Crippen molar-refractivity contribution in [1.29, 1.82) is 0 Å². The van der Waals surface area contributed by atoms with Gasteiger partial charge in [0, 0.05) is 24.7 Å². The maximum Gasteiger partial charge on any atom is 0.0117 e. The third-order valence-corrected chi connectivity index (χ3v) is 5.44. The van der Waals surface area contributed by atoms with E-state index in [0.717, 1.165) is 30.0 Å². The lowest BCUT2D eigenvalue weighted by Crippen LogP contribution is -2.56. The molecule has 0 spiro atoms. The second kappa shape index (κ2) is 5.71. The minimum atomic E-state index is 0.726. The first-order valence-electron chi connectivity index (χ1n) is 7.56. The summed E-state index contributed by atoms with van der Waals surface area (Å²) in [4.78, 5) is 2.81. The zero-order valence-corrected chi connectivity index (χ0v) is 12.1. The van der Waals surface area contributed by atoms with Gasteiger partial charge in [-0.3, -0.25) is 4.90 Å². The van der Waals surface area contributed by atoms with Crippen molar-refractivity contribution in [2.24, 2.45) is 11.8 Å². The Bertz CT molecular complexity index is 231. The smallest absolute Gasteiger partial charge is 0.0117 e. The largest absolute Gasteiger partial charge is 0.317 e. The Kier molecular flexibility index (Phi) is 4.48. The first-order chi connectivity index (χ1) is 8.13. The molecule has 2 heteroatoms. The molecule has 0 bridgehead atoms. The average molecular weight is 238 g/mol. The molecule has 100 valence electrons. The number of nitrogens with one attached hydrogen (secondary N) is 1. The van der Waals surface area contributed by atoms with Crippen LogP contribution in [0.15, 0.2) is 0 Å². The monoisotopic (exact) mass is 238 g/mol. The molecule has 1 aliphatic heterocycles. The van der Waals surface area contributed by atoms with Gasteiger partial charge in [-0.2, -0.15) is 0 Å². The van der Waals surface area contributed by atoms with Gasteiger partial charge in [-0.25, -0.2) is 0 Å². The van der Waals surface area contributed by atoms with Crippen LogP contribution in [-0.2, 0) is 0 Å². The highest BCUT2D eigenvalue weighted by Crippen LogP contribution is 2.32. The Balaban J connectivity index is 1.93. The highest BCUT2D eigenvalue weighted by atomic mass is 15.2. The summed E-state index contributed by atoms with van der Waals surface area (Å²) < 4.78 is 0. The predicted molar refractivity (Wildman–Crippen MR) is 74.2 cm³/mol. The van der Waals surface area contributed by atoms with E-state index in [-0.39, 0.29) is 0 Å². The number of nitrogens with zero attached hydrogens (tertiary/aromatic N) is 1. The van der Waals surface area contributed by atoms with E-state index in [9.17, 15) is 0 Å². The molecule has 2 fully saturated rings. The second-order valence-corrected chi connectivity index (χ2v) is 6.44. The lowest BCUT2D eigenvalue weighted by Gasteiger charge is -2.48. The van der Waals surface area contributed by atoms with Crippen LogP contribution in [0.25, 0.3) is 0 Å². The first-order valence-corrected chi connectivity index (χ1v) is 7.56. The highest BCUT2D eigenvalue weighted by molar-refractivity contribution is 4.92. The molecule has 17 heavy (non-hydrogen) atoms. The second-order valence-electron chi connectivity index (χ2n) is 6.44. The van der Waals surface area contributed by atoms with Crippen molar-refractivity contribution < 1.29 is 0 Å². The molecule has 0 radical (unpaired) electrons. The van der Waals surface area contributed by atoms with E-state index in [0.29, 0.717) is 0 Å². The van der Waals surface area contributed by atoms with Gasteiger partial charge in [-0.1, -0.05) is 13.8 Å². The topological polar surface area (TPSA) is 15.3 Å². The van der Waals surface area contributed by atoms with Crippen molar-refractivity contribution in [1.82, 2.24) is 10.2 Å². The maximum absolute atomic E-state index is 3.49. The minimum Gasteiger partial charge on any atom is -0.317 e. The van der Waals surface area contributed by atoms with Crippen molar-refractivity contribution in [2.75, 3.05) is 13.6 Å². The predicted octanol–water partition coefficient (Wildman–Crippen LogP) is 2.88. The molecule has 1 aliphatic carbocycles. The summed E-state index contributed by atoms with van der Waals surface area (Å²) in [5.74, 6) is 1.75. The summed E-state index contributed by atoms with van der Waals surface area (Å²) in [6, 6.07) is 2.35. The Morgan fingerprint density at radius 2 is 1.59 bits per heavy atom. The normalized spacial score (nSPS) is 44.8. The van der Waals surface area contributed by atoms with Crippen LogP contribution in [0.5, 0.6) is 0 Å². The molecule has 2 aliphatic rings. The first kappa shape index (κ1) is 13.4. The van der Waals surface area contributed by atoms with Crippen molar-refractivity contribution >= 4 is 0 Å². The van der Waals surface area contributed by atoms with Crippen LogP contribution in [0, 0.1) is 11.8 Å². The lowest BCUT2D eigenvalue weighted by atomic mass is 9.81. The molecule has 1 saturated heterocycles. The van der Waals surface area contributed by atoms with Crippen molar-refractivity contribution in [3.05, 3.63) is 0 Å². The average Bonchev–Trinajstić information content (AvgIpc) is 2.34. The molecule has 0 aromatic heterocycles. The van der Waals surface area contributed by atoms with Gasteiger partial charge in [-0.15, -0.1) is 0 Å². The van der Waals surface area contributed by atoms with Crippen LogP contribution in [0.2, 0.25) is 0 Å². The SMILES string of the molecule is CNC1CCN(C2CCC(C)CC2)C(C)C1C. The van der Waals surface area contributed by atoms with Crippen LogP contribution in [0.4, 0.5) is 0 Å². The van der Waals surface area contributed by atoms with Crippen molar-refractivity contribution in [3.8, 4) is 0 Å². The number of hydrogen-bond donors (Lipinski definition) is 1. The summed E-state index contributed by atoms with van der Waals surface area (Å²) in [5.41, 5.74) is 0. The number of piperidine rings is 1. The number of rotatable bonds is 2. The molecule has 2 nitrogen and oxygen atoms in total. The van der Waals surface area contributed by atoms with Gasteiger partial charge in [-0.05, 0) is 57.9 Å². The Hall–Kier alpha value is -0.0800. The fourth-order valence-electron chi connectivity index (χ4n) is 3.89. The molecular weight excluding hydrogens is 208 g/mol. The van der Waals surface area contributed by atoms with Crippen molar-refractivity contribution in [2.45, 2.75) is 71.0 Å². The van der Waals surface area contributed by atoms with Crippen LogP contribution in [-0.4, -0.2) is 36.6 Å². The Morgan fingerprint density at radius 1 is 0.941 bits per heavy atom. The molecule has 1 N–H and O–H groups in total. The van der Waals surface area contributed by atoms with Gasteiger partial charge < -0.3 is 5.32 Å². The summed E-state index contributed by atoms with van der Waals surface area (Å²) >= 11 is 0. The van der Waals surface area contributed by atoms with Gasteiger partial charge in [0.15, 0.2) is 0 Å². The van der Waals surface area contributed by atoms with Gasteiger partial charge in [0.05, 0.1) is 0 Å². The minimum absolute atomic E-state index is 0.726. The van der Waals surface area contributed by atoms with E-state index in [4.69, 9.17) is 0 Å². The fourth-order valence-corrected chi connectivity index (χ4v) is 3.89. The number of hydrogen-bond acceptors (Lipinski definition) is 2. The summed E-state index contributed by atoms with van der Waals surface area (Å²) in [6.45, 7) is 8.57. The van der Waals surface area contributed by atoms with E-state index < -0.39 is 0 Å². The van der Waals surface area contributed by atoms with E-state index in [1.54, 1.807) is 0 Å². The van der Waals surface area contributed by atoms with Gasteiger partial charge in [0.2, 0.25) is 0 Å².